The van der Waals surface area contributed by atoms with Crippen molar-refractivity contribution in [2.24, 2.45) is 0 Å². The minimum Gasteiger partial charge on any atom is -0.325 e. The van der Waals surface area contributed by atoms with Gasteiger partial charge in [-0.15, -0.1) is 11.8 Å². The predicted octanol–water partition coefficient (Wildman–Crippen LogP) is 4.66. The molecule has 6 heteroatoms. The van der Waals surface area contributed by atoms with Gasteiger partial charge in [0.05, 0.1) is 11.0 Å². The predicted molar refractivity (Wildman–Crippen MR) is 107 cm³/mol. The van der Waals surface area contributed by atoms with E-state index in [0.717, 1.165) is 22.5 Å². The van der Waals surface area contributed by atoms with Crippen LogP contribution in [0.5, 0.6) is 0 Å². The first-order chi connectivity index (χ1) is 11.8. The van der Waals surface area contributed by atoms with Gasteiger partial charge in [-0.3, -0.25) is 9.59 Å². The second kappa shape index (κ2) is 8.92. The molecule has 0 aromatic heterocycles. The van der Waals surface area contributed by atoms with E-state index in [0.29, 0.717) is 5.02 Å². The van der Waals surface area contributed by atoms with Crippen LogP contribution in [-0.4, -0.2) is 22.8 Å². The Morgan fingerprint density at radius 3 is 2.40 bits per heavy atom. The minimum absolute atomic E-state index is 0.129. The molecule has 0 aliphatic heterocycles. The van der Waals surface area contributed by atoms with Crippen molar-refractivity contribution in [1.82, 2.24) is 0 Å². The third kappa shape index (κ3) is 6.11. The Morgan fingerprint density at radius 1 is 1.08 bits per heavy atom. The first-order valence-corrected chi connectivity index (χ1v) is 9.33. The Bertz CT molecular complexity index is 763. The molecule has 2 N–H and O–H groups in total. The molecule has 2 aromatic rings. The largest absolute Gasteiger partial charge is 0.325 e. The molecule has 0 radical (unpaired) electrons. The number of nitrogens with one attached hydrogen (secondary N) is 2. The van der Waals surface area contributed by atoms with Crippen molar-refractivity contribution in [3.8, 4) is 0 Å². The van der Waals surface area contributed by atoms with Crippen LogP contribution in [0.2, 0.25) is 5.02 Å². The summed E-state index contributed by atoms with van der Waals surface area (Å²) in [7, 11) is 0. The van der Waals surface area contributed by atoms with Crippen LogP contribution in [-0.2, 0) is 9.59 Å². The molecule has 0 saturated carbocycles. The third-order valence-electron chi connectivity index (χ3n) is 3.62. The molecular formula is C19H21ClN2O2S. The number of hydrogen-bond acceptors (Lipinski definition) is 3. The summed E-state index contributed by atoms with van der Waals surface area (Å²) < 4.78 is 0. The van der Waals surface area contributed by atoms with Gasteiger partial charge in [0.15, 0.2) is 0 Å². The summed E-state index contributed by atoms with van der Waals surface area (Å²) in [5.41, 5.74) is 3.52. The lowest BCUT2D eigenvalue weighted by atomic mass is 10.2. The van der Waals surface area contributed by atoms with E-state index in [4.69, 9.17) is 11.6 Å². The zero-order chi connectivity index (χ0) is 18.4. The van der Waals surface area contributed by atoms with Gasteiger partial charge in [-0.25, -0.2) is 0 Å². The summed E-state index contributed by atoms with van der Waals surface area (Å²) in [5, 5.41) is 5.97. The molecular weight excluding hydrogens is 356 g/mol. The number of anilines is 2. The maximum Gasteiger partial charge on any atom is 0.237 e. The highest BCUT2D eigenvalue weighted by molar-refractivity contribution is 8.01. The van der Waals surface area contributed by atoms with Crippen LogP contribution in [0.25, 0.3) is 0 Å². The van der Waals surface area contributed by atoms with Gasteiger partial charge >= 0.3 is 0 Å². The topological polar surface area (TPSA) is 58.2 Å². The second-order valence-electron chi connectivity index (χ2n) is 5.82. The molecule has 25 heavy (non-hydrogen) atoms. The molecule has 0 fully saturated rings. The lowest BCUT2D eigenvalue weighted by Crippen LogP contribution is -2.25. The fourth-order valence-corrected chi connectivity index (χ4v) is 3.02. The van der Waals surface area contributed by atoms with E-state index in [9.17, 15) is 9.59 Å². The highest BCUT2D eigenvalue weighted by Crippen LogP contribution is 2.21. The molecule has 1 unspecified atom stereocenters. The van der Waals surface area contributed by atoms with E-state index >= 15 is 0 Å². The Labute approximate surface area is 157 Å². The molecule has 132 valence electrons. The van der Waals surface area contributed by atoms with Crippen molar-refractivity contribution in [3.05, 3.63) is 58.6 Å². The van der Waals surface area contributed by atoms with Crippen LogP contribution in [0.1, 0.15) is 18.1 Å². The molecule has 2 rings (SSSR count). The van der Waals surface area contributed by atoms with Crippen molar-refractivity contribution in [2.45, 2.75) is 26.0 Å². The van der Waals surface area contributed by atoms with Gasteiger partial charge in [0.25, 0.3) is 0 Å². The number of halogens is 1. The standard InChI is InChI=1S/C19H21ClN2O2S/c1-12-4-7-16(8-5-12)21-18(23)11-25-14(3)19(24)22-17-9-6-15(20)10-13(17)2/h4-10,14H,11H2,1-3H3,(H,21,23)(H,22,24). The van der Waals surface area contributed by atoms with Crippen LogP contribution in [0.3, 0.4) is 0 Å². The van der Waals surface area contributed by atoms with Gasteiger partial charge in [-0.1, -0.05) is 29.3 Å². The number of carbonyl (C=O) groups is 2. The summed E-state index contributed by atoms with van der Waals surface area (Å²) >= 11 is 7.21. The van der Waals surface area contributed by atoms with E-state index in [1.54, 1.807) is 25.1 Å². The summed E-state index contributed by atoms with van der Waals surface area (Å²) in [6.45, 7) is 5.66. The lowest BCUT2D eigenvalue weighted by Gasteiger charge is -2.14. The van der Waals surface area contributed by atoms with Crippen LogP contribution < -0.4 is 10.6 Å². The summed E-state index contributed by atoms with van der Waals surface area (Å²) in [6.07, 6.45) is 0. The van der Waals surface area contributed by atoms with E-state index in [2.05, 4.69) is 10.6 Å². The molecule has 4 nitrogen and oxygen atoms in total. The second-order valence-corrected chi connectivity index (χ2v) is 7.58. The maximum atomic E-state index is 12.3. The van der Waals surface area contributed by atoms with Gasteiger partial charge in [-0.2, -0.15) is 0 Å². The van der Waals surface area contributed by atoms with Crippen molar-refractivity contribution in [3.63, 3.8) is 0 Å². The Kier molecular flexibility index (Phi) is 6.91. The highest BCUT2D eigenvalue weighted by Gasteiger charge is 2.16. The number of benzene rings is 2. The monoisotopic (exact) mass is 376 g/mol. The summed E-state index contributed by atoms with van der Waals surface area (Å²) in [4.78, 5) is 24.3. The molecule has 0 heterocycles. The first kappa shape index (κ1) is 19.3. The van der Waals surface area contributed by atoms with Crippen LogP contribution in [0, 0.1) is 13.8 Å². The molecule has 0 saturated heterocycles. The smallest absolute Gasteiger partial charge is 0.237 e. The van der Waals surface area contributed by atoms with Crippen molar-refractivity contribution >= 4 is 46.6 Å². The number of rotatable bonds is 6. The molecule has 0 aliphatic rings. The quantitative estimate of drug-likeness (QED) is 0.771. The van der Waals surface area contributed by atoms with Crippen LogP contribution in [0.15, 0.2) is 42.5 Å². The number of thioether (sulfide) groups is 1. The average Bonchev–Trinajstić information content (AvgIpc) is 2.57. The van der Waals surface area contributed by atoms with Crippen LogP contribution in [0.4, 0.5) is 11.4 Å². The molecule has 1 atom stereocenters. The zero-order valence-electron chi connectivity index (χ0n) is 14.4. The lowest BCUT2D eigenvalue weighted by molar-refractivity contribution is -0.115. The normalized spacial score (nSPS) is 11.7. The average molecular weight is 377 g/mol. The van der Waals surface area contributed by atoms with Crippen molar-refractivity contribution in [1.29, 1.82) is 0 Å². The molecule has 0 spiro atoms. The van der Waals surface area contributed by atoms with Crippen molar-refractivity contribution in [2.75, 3.05) is 16.4 Å². The van der Waals surface area contributed by atoms with E-state index in [1.165, 1.54) is 11.8 Å². The van der Waals surface area contributed by atoms with E-state index in [1.807, 2.05) is 38.1 Å². The van der Waals surface area contributed by atoms with E-state index < -0.39 is 0 Å². The number of hydrogen-bond donors (Lipinski definition) is 2. The molecule has 0 bridgehead atoms. The SMILES string of the molecule is Cc1ccc(NC(=O)CSC(C)C(=O)Nc2ccc(Cl)cc2C)cc1. The molecule has 0 aliphatic carbocycles. The zero-order valence-corrected chi connectivity index (χ0v) is 16.0. The fraction of sp³-hybridized carbons (Fsp3) is 0.263. The third-order valence-corrected chi connectivity index (χ3v) is 4.99. The maximum absolute atomic E-state index is 12.3. The Hall–Kier alpha value is -1.98. The summed E-state index contributed by atoms with van der Waals surface area (Å²) in [6, 6.07) is 12.9. The van der Waals surface area contributed by atoms with Crippen LogP contribution >= 0.6 is 23.4 Å². The minimum atomic E-state index is -0.348. The van der Waals surface area contributed by atoms with Gasteiger partial charge in [0, 0.05) is 16.4 Å². The highest BCUT2D eigenvalue weighted by atomic mass is 35.5. The Morgan fingerprint density at radius 2 is 1.76 bits per heavy atom. The molecule has 2 aromatic carbocycles. The van der Waals surface area contributed by atoms with Gasteiger partial charge in [-0.05, 0) is 56.7 Å². The van der Waals surface area contributed by atoms with Gasteiger partial charge in [0.1, 0.15) is 0 Å². The molecule has 2 amide bonds. The Balaban J connectivity index is 1.82. The van der Waals surface area contributed by atoms with E-state index in [-0.39, 0.29) is 22.8 Å². The number of amides is 2. The number of aryl methyl sites for hydroxylation is 2. The van der Waals surface area contributed by atoms with Gasteiger partial charge < -0.3 is 10.6 Å². The fourth-order valence-electron chi connectivity index (χ4n) is 2.11. The summed E-state index contributed by atoms with van der Waals surface area (Å²) in [5.74, 6) is -0.0584. The van der Waals surface area contributed by atoms with Gasteiger partial charge in [0.2, 0.25) is 11.8 Å². The van der Waals surface area contributed by atoms with Crippen molar-refractivity contribution < 1.29 is 9.59 Å². The number of carbonyl (C=O) groups excluding carboxylic acids is 2. The first-order valence-electron chi connectivity index (χ1n) is 7.90.